The van der Waals surface area contributed by atoms with E-state index >= 15 is 0 Å². The molecule has 2 amide bonds. The van der Waals surface area contributed by atoms with Crippen LogP contribution >= 0.6 is 0 Å². The normalized spacial score (nSPS) is 19.8. The molecule has 146 valence electrons. The Kier molecular flexibility index (Phi) is 5.55. The molecule has 0 saturated carbocycles. The minimum Gasteiger partial charge on any atom is -0.383 e. The van der Waals surface area contributed by atoms with E-state index in [-0.39, 0.29) is 18.0 Å². The molecule has 3 aromatic rings. The first-order valence-electron chi connectivity index (χ1n) is 9.50. The average Bonchev–Trinajstić information content (AvgIpc) is 3.31. The van der Waals surface area contributed by atoms with Gasteiger partial charge in [-0.2, -0.15) is 5.10 Å². The number of amides is 2. The van der Waals surface area contributed by atoms with E-state index in [1.165, 1.54) is 5.56 Å². The highest BCUT2D eigenvalue weighted by atomic mass is 16.5. The summed E-state index contributed by atoms with van der Waals surface area (Å²) >= 11 is 0. The highest BCUT2D eigenvalue weighted by Crippen LogP contribution is 2.27. The van der Waals surface area contributed by atoms with Gasteiger partial charge in [-0.15, -0.1) is 0 Å². The quantitative estimate of drug-likeness (QED) is 0.691. The Morgan fingerprint density at radius 2 is 2.00 bits per heavy atom. The number of hydrogen-bond donors (Lipinski definition) is 2. The predicted molar refractivity (Wildman–Crippen MR) is 109 cm³/mol. The molecule has 0 spiro atoms. The van der Waals surface area contributed by atoms with Crippen LogP contribution in [0.4, 0.5) is 10.5 Å². The Labute approximate surface area is 164 Å². The van der Waals surface area contributed by atoms with Crippen molar-refractivity contribution in [3.63, 3.8) is 0 Å². The van der Waals surface area contributed by atoms with Gasteiger partial charge in [0.25, 0.3) is 0 Å². The monoisotopic (exact) mass is 379 g/mol. The lowest BCUT2D eigenvalue weighted by Crippen LogP contribution is -2.42. The maximum absolute atomic E-state index is 12.7. The number of likely N-dealkylation sites (tertiary alicyclic amines) is 1. The third-order valence-corrected chi connectivity index (χ3v) is 5.23. The maximum Gasteiger partial charge on any atom is 0.319 e. The summed E-state index contributed by atoms with van der Waals surface area (Å²) in [4.78, 5) is 15.0. The summed E-state index contributed by atoms with van der Waals surface area (Å²) in [7, 11) is 1.71. The van der Waals surface area contributed by atoms with Gasteiger partial charge in [0, 0.05) is 38.9 Å². The van der Waals surface area contributed by atoms with E-state index in [2.05, 4.69) is 32.8 Å². The van der Waals surface area contributed by atoms with Gasteiger partial charge in [0.2, 0.25) is 0 Å². The minimum atomic E-state index is -0.210. The van der Waals surface area contributed by atoms with Crippen molar-refractivity contribution in [2.75, 3.05) is 38.7 Å². The number of aromatic nitrogens is 2. The number of urea groups is 1. The fraction of sp³-hybridized carbons (Fsp3) is 0.333. The Morgan fingerprint density at radius 3 is 2.82 bits per heavy atom. The maximum atomic E-state index is 12.7. The molecule has 0 aliphatic carbocycles. The number of benzene rings is 1. The number of anilines is 1. The molecule has 1 saturated heterocycles. The molecule has 7 heteroatoms. The van der Waals surface area contributed by atoms with Crippen LogP contribution in [0.15, 0.2) is 60.9 Å². The first kappa shape index (κ1) is 18.5. The molecule has 2 atom stereocenters. The number of fused-ring (bicyclic) bond motifs is 1. The van der Waals surface area contributed by atoms with Crippen molar-refractivity contribution in [2.45, 2.75) is 12.0 Å². The highest BCUT2D eigenvalue weighted by Gasteiger charge is 2.34. The van der Waals surface area contributed by atoms with Crippen molar-refractivity contribution >= 4 is 17.2 Å². The molecule has 1 aliphatic rings. The van der Waals surface area contributed by atoms with Crippen LogP contribution in [0.5, 0.6) is 0 Å². The number of nitrogens with zero attached hydrogens (tertiary/aromatic N) is 3. The molecule has 0 bridgehead atoms. The minimum absolute atomic E-state index is 0.0288. The lowest BCUT2D eigenvalue weighted by atomic mass is 9.94. The standard InChI is InChI=1S/C21H25N5O2/c1-28-12-11-25-14-17(16-7-3-2-4-8-16)19(15-25)24-21(27)23-18-13-22-26-10-6-5-9-20(18)26/h2-10,13,17,19H,11-12,14-15H2,1H3,(H2,23,24,27)/t17-,19?/m0/s1. The molecular formula is C21H25N5O2. The number of carbonyl (C=O) groups is 1. The Hall–Kier alpha value is -2.90. The van der Waals surface area contributed by atoms with Crippen molar-refractivity contribution in [1.29, 1.82) is 0 Å². The van der Waals surface area contributed by atoms with E-state index in [0.717, 1.165) is 25.2 Å². The van der Waals surface area contributed by atoms with Crippen LogP contribution in [0.3, 0.4) is 0 Å². The second-order valence-electron chi connectivity index (χ2n) is 7.06. The van der Waals surface area contributed by atoms with Crippen molar-refractivity contribution in [3.05, 3.63) is 66.5 Å². The summed E-state index contributed by atoms with van der Waals surface area (Å²) in [5.41, 5.74) is 2.80. The number of pyridine rings is 1. The molecule has 28 heavy (non-hydrogen) atoms. The van der Waals surface area contributed by atoms with Gasteiger partial charge < -0.3 is 15.4 Å². The summed E-state index contributed by atoms with van der Waals surface area (Å²) in [6.45, 7) is 3.23. The first-order valence-corrected chi connectivity index (χ1v) is 9.50. The number of methoxy groups -OCH3 is 1. The van der Waals surface area contributed by atoms with E-state index in [1.54, 1.807) is 17.8 Å². The molecule has 7 nitrogen and oxygen atoms in total. The molecule has 1 unspecified atom stereocenters. The molecular weight excluding hydrogens is 354 g/mol. The van der Waals surface area contributed by atoms with Crippen molar-refractivity contribution in [2.24, 2.45) is 0 Å². The zero-order valence-electron chi connectivity index (χ0n) is 15.9. The lowest BCUT2D eigenvalue weighted by Gasteiger charge is -2.20. The van der Waals surface area contributed by atoms with Crippen LogP contribution in [0.2, 0.25) is 0 Å². The Balaban J connectivity index is 1.46. The van der Waals surface area contributed by atoms with E-state index in [1.807, 2.05) is 42.6 Å². The van der Waals surface area contributed by atoms with Crippen LogP contribution in [-0.2, 0) is 4.74 Å². The summed E-state index contributed by atoms with van der Waals surface area (Å²) in [6, 6.07) is 15.9. The van der Waals surface area contributed by atoms with Gasteiger partial charge >= 0.3 is 6.03 Å². The number of carbonyl (C=O) groups excluding carboxylic acids is 1. The zero-order valence-corrected chi connectivity index (χ0v) is 15.9. The van der Waals surface area contributed by atoms with Gasteiger partial charge in [0.05, 0.1) is 30.0 Å². The van der Waals surface area contributed by atoms with Crippen LogP contribution in [0.1, 0.15) is 11.5 Å². The molecule has 4 rings (SSSR count). The van der Waals surface area contributed by atoms with Crippen molar-refractivity contribution in [3.8, 4) is 0 Å². The summed E-state index contributed by atoms with van der Waals surface area (Å²) in [5.74, 6) is 0.243. The van der Waals surface area contributed by atoms with E-state index in [9.17, 15) is 4.79 Å². The summed E-state index contributed by atoms with van der Waals surface area (Å²) in [5, 5.41) is 10.4. The second-order valence-corrected chi connectivity index (χ2v) is 7.06. The van der Waals surface area contributed by atoms with E-state index in [4.69, 9.17) is 4.74 Å². The van der Waals surface area contributed by atoms with Gasteiger partial charge in [-0.3, -0.25) is 4.90 Å². The zero-order chi connectivity index (χ0) is 19.3. The Bertz CT molecular complexity index is 927. The molecule has 3 heterocycles. The third-order valence-electron chi connectivity index (χ3n) is 5.23. The largest absolute Gasteiger partial charge is 0.383 e. The summed E-state index contributed by atoms with van der Waals surface area (Å²) in [6.07, 6.45) is 3.53. The molecule has 1 fully saturated rings. The molecule has 2 aromatic heterocycles. The SMILES string of the molecule is COCCN1CC(NC(=O)Nc2cnn3ccccc23)[C@H](c2ccccc2)C1. The molecule has 2 N–H and O–H groups in total. The highest BCUT2D eigenvalue weighted by molar-refractivity contribution is 5.94. The van der Waals surface area contributed by atoms with Gasteiger partial charge in [-0.25, -0.2) is 9.31 Å². The average molecular weight is 379 g/mol. The number of hydrogen-bond acceptors (Lipinski definition) is 4. The molecule has 0 radical (unpaired) electrons. The van der Waals surface area contributed by atoms with E-state index in [0.29, 0.717) is 12.3 Å². The van der Waals surface area contributed by atoms with Crippen molar-refractivity contribution < 1.29 is 9.53 Å². The fourth-order valence-corrected chi connectivity index (χ4v) is 3.83. The van der Waals surface area contributed by atoms with Gasteiger partial charge in [-0.1, -0.05) is 36.4 Å². The third kappa shape index (κ3) is 4.00. The first-order chi connectivity index (χ1) is 13.7. The van der Waals surface area contributed by atoms with Crippen LogP contribution in [-0.4, -0.2) is 59.9 Å². The lowest BCUT2D eigenvalue weighted by molar-refractivity contribution is 0.159. The summed E-state index contributed by atoms with van der Waals surface area (Å²) < 4.78 is 6.96. The van der Waals surface area contributed by atoms with E-state index < -0.39 is 0 Å². The Morgan fingerprint density at radius 1 is 1.18 bits per heavy atom. The van der Waals surface area contributed by atoms with Gasteiger partial charge in [0.1, 0.15) is 0 Å². The number of ether oxygens (including phenoxy) is 1. The predicted octanol–water partition coefficient (Wildman–Crippen LogP) is 2.57. The van der Waals surface area contributed by atoms with Crippen LogP contribution in [0.25, 0.3) is 5.52 Å². The van der Waals surface area contributed by atoms with Crippen LogP contribution < -0.4 is 10.6 Å². The topological polar surface area (TPSA) is 70.9 Å². The van der Waals surface area contributed by atoms with Gasteiger partial charge in [0.15, 0.2) is 0 Å². The van der Waals surface area contributed by atoms with Crippen molar-refractivity contribution in [1.82, 2.24) is 19.8 Å². The molecule has 1 aliphatic heterocycles. The van der Waals surface area contributed by atoms with Crippen LogP contribution in [0, 0.1) is 0 Å². The number of rotatable bonds is 6. The smallest absolute Gasteiger partial charge is 0.319 e. The molecule has 1 aromatic carbocycles. The second kappa shape index (κ2) is 8.41. The van der Waals surface area contributed by atoms with Gasteiger partial charge in [-0.05, 0) is 17.7 Å². The fourth-order valence-electron chi connectivity index (χ4n) is 3.83. The number of nitrogens with one attached hydrogen (secondary N) is 2.